The van der Waals surface area contributed by atoms with E-state index in [-0.39, 0.29) is 12.6 Å². The average Bonchev–Trinajstić information content (AvgIpc) is 2.34. The minimum atomic E-state index is -0.898. The fourth-order valence-corrected chi connectivity index (χ4v) is 1.36. The van der Waals surface area contributed by atoms with Crippen molar-refractivity contribution in [3.63, 3.8) is 0 Å². The molecule has 0 spiro atoms. The number of amides is 2. The number of nitrogens with one attached hydrogen (secondary N) is 1. The van der Waals surface area contributed by atoms with E-state index in [0.29, 0.717) is 26.1 Å². The van der Waals surface area contributed by atoms with E-state index in [9.17, 15) is 9.59 Å². The Morgan fingerprint density at radius 1 is 1.56 bits per heavy atom. The van der Waals surface area contributed by atoms with Gasteiger partial charge in [-0.3, -0.25) is 4.79 Å². The maximum Gasteiger partial charge on any atom is 0.317 e. The van der Waals surface area contributed by atoms with Gasteiger partial charge in [0.25, 0.3) is 0 Å². The molecule has 6 heteroatoms. The van der Waals surface area contributed by atoms with Crippen LogP contribution in [0.2, 0.25) is 0 Å². The monoisotopic (exact) mass is 258 g/mol. The summed E-state index contributed by atoms with van der Waals surface area (Å²) in [6.07, 6.45) is 2.10. The first-order valence-corrected chi connectivity index (χ1v) is 5.92. The highest BCUT2D eigenvalue weighted by Crippen LogP contribution is 2.01. The molecule has 0 aromatic heterocycles. The lowest BCUT2D eigenvalue weighted by Gasteiger charge is -2.22. The standard InChI is InChI=1S/C12H22N2O4/c1-4-6-14(7-8-18-3)12(17)13-9-10(5-2)11(15)16/h4,10H,1,5-9H2,2-3H3,(H,13,17)(H,15,16). The Balaban J connectivity index is 4.23. The van der Waals surface area contributed by atoms with Crippen molar-refractivity contribution in [1.82, 2.24) is 10.2 Å². The normalized spacial score (nSPS) is 11.7. The van der Waals surface area contributed by atoms with Crippen LogP contribution in [0.15, 0.2) is 12.7 Å². The molecule has 0 aliphatic carbocycles. The fraction of sp³-hybridized carbons (Fsp3) is 0.667. The van der Waals surface area contributed by atoms with Crippen LogP contribution in [0.5, 0.6) is 0 Å². The molecule has 0 heterocycles. The van der Waals surface area contributed by atoms with Crippen LogP contribution < -0.4 is 5.32 Å². The number of urea groups is 1. The number of hydrogen-bond acceptors (Lipinski definition) is 3. The van der Waals surface area contributed by atoms with Gasteiger partial charge in [0.05, 0.1) is 12.5 Å². The van der Waals surface area contributed by atoms with E-state index in [1.807, 2.05) is 0 Å². The van der Waals surface area contributed by atoms with Crippen LogP contribution in [0, 0.1) is 5.92 Å². The van der Waals surface area contributed by atoms with Crippen LogP contribution in [0.3, 0.4) is 0 Å². The van der Waals surface area contributed by atoms with Gasteiger partial charge in [0.15, 0.2) is 0 Å². The Hall–Kier alpha value is -1.56. The maximum atomic E-state index is 11.8. The SMILES string of the molecule is C=CCN(CCOC)C(=O)NCC(CC)C(=O)O. The van der Waals surface area contributed by atoms with E-state index in [1.165, 1.54) is 4.90 Å². The van der Waals surface area contributed by atoms with Gasteiger partial charge in [-0.2, -0.15) is 0 Å². The number of carboxylic acid groups (broad SMARTS) is 1. The van der Waals surface area contributed by atoms with E-state index < -0.39 is 11.9 Å². The summed E-state index contributed by atoms with van der Waals surface area (Å²) in [5.41, 5.74) is 0. The van der Waals surface area contributed by atoms with Gasteiger partial charge in [-0.15, -0.1) is 6.58 Å². The summed E-state index contributed by atoms with van der Waals surface area (Å²) in [5.74, 6) is -1.45. The third kappa shape index (κ3) is 6.24. The lowest BCUT2D eigenvalue weighted by atomic mass is 10.1. The summed E-state index contributed by atoms with van der Waals surface area (Å²) in [6, 6.07) is -0.299. The highest BCUT2D eigenvalue weighted by atomic mass is 16.5. The quantitative estimate of drug-likeness (QED) is 0.603. The van der Waals surface area contributed by atoms with Crippen LogP contribution in [0.1, 0.15) is 13.3 Å². The minimum Gasteiger partial charge on any atom is -0.481 e. The summed E-state index contributed by atoms with van der Waals surface area (Å²) in [4.78, 5) is 24.1. The zero-order chi connectivity index (χ0) is 14.0. The van der Waals surface area contributed by atoms with Crippen molar-refractivity contribution >= 4 is 12.0 Å². The second-order valence-electron chi connectivity index (χ2n) is 3.86. The lowest BCUT2D eigenvalue weighted by Crippen LogP contribution is -2.44. The Morgan fingerprint density at radius 3 is 2.67 bits per heavy atom. The molecule has 0 rings (SSSR count). The van der Waals surface area contributed by atoms with Crippen molar-refractivity contribution in [2.75, 3.05) is 33.4 Å². The molecular formula is C12H22N2O4. The van der Waals surface area contributed by atoms with Crippen molar-refractivity contribution in [2.24, 2.45) is 5.92 Å². The largest absolute Gasteiger partial charge is 0.481 e. The van der Waals surface area contributed by atoms with E-state index in [0.717, 1.165) is 0 Å². The number of carbonyl (C=O) groups is 2. The van der Waals surface area contributed by atoms with Gasteiger partial charge in [-0.05, 0) is 6.42 Å². The number of aliphatic carboxylic acids is 1. The molecule has 0 aromatic rings. The maximum absolute atomic E-state index is 11.8. The molecular weight excluding hydrogens is 236 g/mol. The summed E-state index contributed by atoms with van der Waals surface area (Å²) in [6.45, 7) is 6.75. The molecule has 1 atom stereocenters. The summed E-state index contributed by atoms with van der Waals surface area (Å²) in [7, 11) is 1.56. The Labute approximate surface area is 108 Å². The highest BCUT2D eigenvalue weighted by molar-refractivity contribution is 5.76. The van der Waals surface area contributed by atoms with E-state index in [4.69, 9.17) is 9.84 Å². The summed E-state index contributed by atoms with van der Waals surface area (Å²) < 4.78 is 4.90. The van der Waals surface area contributed by atoms with Crippen molar-refractivity contribution in [3.8, 4) is 0 Å². The fourth-order valence-electron chi connectivity index (χ4n) is 1.36. The number of methoxy groups -OCH3 is 1. The van der Waals surface area contributed by atoms with Gasteiger partial charge < -0.3 is 20.1 Å². The molecule has 0 saturated heterocycles. The molecule has 0 bridgehead atoms. The van der Waals surface area contributed by atoms with Crippen LogP contribution in [-0.2, 0) is 9.53 Å². The first-order chi connectivity index (χ1) is 8.56. The number of ether oxygens (including phenoxy) is 1. The second kappa shape index (κ2) is 9.47. The molecule has 0 aliphatic rings. The molecule has 2 amide bonds. The number of hydrogen-bond donors (Lipinski definition) is 2. The van der Waals surface area contributed by atoms with Crippen LogP contribution in [-0.4, -0.2) is 55.4 Å². The topological polar surface area (TPSA) is 78.9 Å². The molecule has 0 aromatic carbocycles. The van der Waals surface area contributed by atoms with Gasteiger partial charge in [0, 0.05) is 26.7 Å². The molecule has 0 fully saturated rings. The van der Waals surface area contributed by atoms with Gasteiger partial charge in [0.1, 0.15) is 0 Å². The van der Waals surface area contributed by atoms with Crippen molar-refractivity contribution in [2.45, 2.75) is 13.3 Å². The smallest absolute Gasteiger partial charge is 0.317 e. The number of carboxylic acids is 1. The molecule has 104 valence electrons. The molecule has 0 aliphatic heterocycles. The van der Waals surface area contributed by atoms with Gasteiger partial charge >= 0.3 is 12.0 Å². The van der Waals surface area contributed by atoms with Crippen LogP contribution in [0.25, 0.3) is 0 Å². The van der Waals surface area contributed by atoms with Gasteiger partial charge in [-0.25, -0.2) is 4.79 Å². The lowest BCUT2D eigenvalue weighted by molar-refractivity contribution is -0.141. The number of carbonyl (C=O) groups excluding carboxylic acids is 1. The Bertz CT molecular complexity index is 281. The van der Waals surface area contributed by atoms with Crippen molar-refractivity contribution < 1.29 is 19.4 Å². The first-order valence-electron chi connectivity index (χ1n) is 5.92. The van der Waals surface area contributed by atoms with Crippen LogP contribution in [0.4, 0.5) is 4.79 Å². The predicted octanol–water partition coefficient (Wildman–Crippen LogP) is 0.941. The Kier molecular flexibility index (Phi) is 8.65. The molecule has 0 saturated carbocycles. The zero-order valence-corrected chi connectivity index (χ0v) is 11.0. The average molecular weight is 258 g/mol. The first kappa shape index (κ1) is 16.4. The molecule has 6 nitrogen and oxygen atoms in total. The predicted molar refractivity (Wildman–Crippen MR) is 68.5 cm³/mol. The molecule has 1 unspecified atom stereocenters. The number of rotatable bonds is 9. The number of nitrogens with zero attached hydrogens (tertiary/aromatic N) is 1. The zero-order valence-electron chi connectivity index (χ0n) is 11.0. The second-order valence-corrected chi connectivity index (χ2v) is 3.86. The van der Waals surface area contributed by atoms with Crippen LogP contribution >= 0.6 is 0 Å². The molecule has 0 radical (unpaired) electrons. The summed E-state index contributed by atoms with van der Waals surface area (Å²) in [5, 5.41) is 11.5. The third-order valence-corrected chi connectivity index (χ3v) is 2.54. The third-order valence-electron chi connectivity index (χ3n) is 2.54. The van der Waals surface area contributed by atoms with Gasteiger partial charge in [-0.1, -0.05) is 13.0 Å². The molecule has 18 heavy (non-hydrogen) atoms. The van der Waals surface area contributed by atoms with Crippen molar-refractivity contribution in [3.05, 3.63) is 12.7 Å². The van der Waals surface area contributed by atoms with E-state index >= 15 is 0 Å². The minimum absolute atomic E-state index is 0.130. The summed E-state index contributed by atoms with van der Waals surface area (Å²) >= 11 is 0. The van der Waals surface area contributed by atoms with E-state index in [1.54, 1.807) is 20.1 Å². The van der Waals surface area contributed by atoms with Gasteiger partial charge in [0.2, 0.25) is 0 Å². The molecule has 2 N–H and O–H groups in total. The highest BCUT2D eigenvalue weighted by Gasteiger charge is 2.18. The van der Waals surface area contributed by atoms with E-state index in [2.05, 4.69) is 11.9 Å². The Morgan fingerprint density at radius 2 is 2.22 bits per heavy atom. The van der Waals surface area contributed by atoms with Crippen molar-refractivity contribution in [1.29, 1.82) is 0 Å².